The monoisotopic (exact) mass is 297 g/mol. The summed E-state index contributed by atoms with van der Waals surface area (Å²) in [6.45, 7) is 9.32. The Bertz CT molecular complexity index is 464. The normalized spacial score (nSPS) is 12.4. The number of halogens is 1. The molecule has 0 aliphatic carbocycles. The van der Waals surface area contributed by atoms with Gasteiger partial charge in [-0.3, -0.25) is 10.1 Å². The number of nitro groups is 1. The van der Waals surface area contributed by atoms with Crippen LogP contribution in [-0.4, -0.2) is 35.5 Å². The quantitative estimate of drug-likeness (QED) is 0.558. The number of benzene rings is 1. The number of nitro benzene ring substituents is 1. The number of hydrogen-bond donors (Lipinski definition) is 1. The lowest BCUT2D eigenvalue weighted by Gasteiger charge is -2.20. The zero-order valence-electron chi connectivity index (χ0n) is 12.9. The molecule has 0 bridgehead atoms. The Morgan fingerprint density at radius 2 is 2.05 bits per heavy atom. The second-order valence-electron chi connectivity index (χ2n) is 5.13. The number of anilines is 1. The lowest BCUT2D eigenvalue weighted by atomic mass is 10.1. The zero-order chi connectivity index (χ0) is 15.8. The van der Waals surface area contributed by atoms with Crippen molar-refractivity contribution in [1.29, 1.82) is 0 Å². The van der Waals surface area contributed by atoms with E-state index in [1.165, 1.54) is 12.1 Å². The van der Waals surface area contributed by atoms with Crippen LogP contribution < -0.4 is 5.32 Å². The summed E-state index contributed by atoms with van der Waals surface area (Å²) in [5.74, 6) is -0.596. The lowest BCUT2D eigenvalue weighted by Crippen LogP contribution is -2.25. The summed E-state index contributed by atoms with van der Waals surface area (Å²) in [4.78, 5) is 12.7. The second-order valence-corrected chi connectivity index (χ2v) is 5.13. The van der Waals surface area contributed by atoms with Crippen LogP contribution in [0.5, 0.6) is 0 Å². The second kappa shape index (κ2) is 8.56. The Hall–Kier alpha value is -1.69. The number of nitrogens with zero attached hydrogens (tertiary/aromatic N) is 2. The molecule has 0 spiro atoms. The minimum absolute atomic E-state index is 0.102. The maximum absolute atomic E-state index is 13.1. The van der Waals surface area contributed by atoms with Crippen molar-refractivity contribution in [3.05, 3.63) is 34.1 Å². The van der Waals surface area contributed by atoms with E-state index in [1.807, 2.05) is 6.92 Å². The van der Waals surface area contributed by atoms with Gasteiger partial charge in [0.1, 0.15) is 11.5 Å². The van der Waals surface area contributed by atoms with Gasteiger partial charge in [-0.2, -0.15) is 0 Å². The van der Waals surface area contributed by atoms with Gasteiger partial charge in [0.25, 0.3) is 5.69 Å². The van der Waals surface area contributed by atoms with Crippen LogP contribution in [0.1, 0.15) is 33.6 Å². The van der Waals surface area contributed by atoms with E-state index < -0.39 is 10.7 Å². The number of nitrogens with one attached hydrogen (secondary N) is 1. The van der Waals surface area contributed by atoms with Gasteiger partial charge in [-0.05, 0) is 51.5 Å². The largest absolute Gasteiger partial charge is 0.377 e. The maximum atomic E-state index is 13.1. The summed E-state index contributed by atoms with van der Waals surface area (Å²) in [5, 5.41) is 14.0. The Balaban J connectivity index is 2.55. The van der Waals surface area contributed by atoms with Crippen molar-refractivity contribution in [1.82, 2.24) is 4.90 Å². The van der Waals surface area contributed by atoms with Gasteiger partial charge in [-0.15, -0.1) is 0 Å². The average Bonchev–Trinajstić information content (AvgIpc) is 2.45. The average molecular weight is 297 g/mol. The van der Waals surface area contributed by atoms with E-state index in [9.17, 15) is 14.5 Å². The Kier molecular flexibility index (Phi) is 7.08. The highest BCUT2D eigenvalue weighted by Gasteiger charge is 2.16. The molecule has 0 fully saturated rings. The van der Waals surface area contributed by atoms with Crippen LogP contribution in [-0.2, 0) is 0 Å². The molecule has 0 aromatic heterocycles. The summed E-state index contributed by atoms with van der Waals surface area (Å²) < 4.78 is 13.1. The van der Waals surface area contributed by atoms with Crippen LogP contribution in [0.4, 0.5) is 15.8 Å². The molecule has 0 amide bonds. The van der Waals surface area contributed by atoms with E-state index in [0.29, 0.717) is 5.69 Å². The first-order valence-electron chi connectivity index (χ1n) is 7.40. The Morgan fingerprint density at radius 1 is 1.38 bits per heavy atom. The molecule has 6 heteroatoms. The molecule has 1 aromatic rings. The van der Waals surface area contributed by atoms with Crippen LogP contribution in [0.25, 0.3) is 0 Å². The molecular formula is C15H24FN3O2. The van der Waals surface area contributed by atoms with Gasteiger partial charge >= 0.3 is 0 Å². The van der Waals surface area contributed by atoms with E-state index in [2.05, 4.69) is 24.1 Å². The summed E-state index contributed by atoms with van der Waals surface area (Å²) in [6.07, 6.45) is 1.93. The molecule has 0 aliphatic heterocycles. The van der Waals surface area contributed by atoms with Crippen molar-refractivity contribution < 1.29 is 9.31 Å². The standard InChI is InChI=1S/C15H24FN3O2/c1-4-18(5-2)10-6-7-12(3)17-14-9-8-13(16)11-15(14)19(20)21/h8-9,11-12,17H,4-7,10H2,1-3H3. The molecule has 0 radical (unpaired) electrons. The summed E-state index contributed by atoms with van der Waals surface area (Å²) in [6, 6.07) is 3.71. The Labute approximate surface area is 125 Å². The number of hydrogen-bond acceptors (Lipinski definition) is 4. The maximum Gasteiger partial charge on any atom is 0.295 e. The Morgan fingerprint density at radius 3 is 2.62 bits per heavy atom. The SMILES string of the molecule is CCN(CC)CCCC(C)Nc1ccc(F)cc1[N+](=O)[O-]. The molecule has 118 valence electrons. The third kappa shape index (κ3) is 5.67. The smallest absolute Gasteiger partial charge is 0.295 e. The first kappa shape index (κ1) is 17.4. The molecule has 1 rings (SSSR count). The minimum Gasteiger partial charge on any atom is -0.377 e. The van der Waals surface area contributed by atoms with Gasteiger partial charge in [0, 0.05) is 6.04 Å². The first-order chi connectivity index (χ1) is 9.97. The molecule has 0 aliphatic rings. The van der Waals surface area contributed by atoms with E-state index in [-0.39, 0.29) is 11.7 Å². The summed E-state index contributed by atoms with van der Waals surface area (Å²) in [7, 11) is 0. The molecule has 0 heterocycles. The van der Waals surface area contributed by atoms with Crippen molar-refractivity contribution in [3.8, 4) is 0 Å². The van der Waals surface area contributed by atoms with Gasteiger partial charge in [0.2, 0.25) is 0 Å². The molecule has 0 saturated heterocycles. The van der Waals surface area contributed by atoms with E-state index >= 15 is 0 Å². The highest BCUT2D eigenvalue weighted by atomic mass is 19.1. The highest BCUT2D eigenvalue weighted by Crippen LogP contribution is 2.26. The van der Waals surface area contributed by atoms with Crippen LogP contribution in [0, 0.1) is 15.9 Å². The van der Waals surface area contributed by atoms with Gasteiger partial charge < -0.3 is 10.2 Å². The minimum atomic E-state index is -0.596. The van der Waals surface area contributed by atoms with Crippen LogP contribution in [0.15, 0.2) is 18.2 Å². The third-order valence-electron chi connectivity index (χ3n) is 3.56. The van der Waals surface area contributed by atoms with E-state index in [1.54, 1.807) is 0 Å². The summed E-state index contributed by atoms with van der Waals surface area (Å²) >= 11 is 0. The molecule has 0 saturated carbocycles. The van der Waals surface area contributed by atoms with E-state index in [0.717, 1.165) is 38.5 Å². The van der Waals surface area contributed by atoms with Crippen molar-refractivity contribution >= 4 is 11.4 Å². The molecule has 5 nitrogen and oxygen atoms in total. The molecule has 21 heavy (non-hydrogen) atoms. The van der Waals surface area contributed by atoms with Gasteiger partial charge in [0.15, 0.2) is 0 Å². The van der Waals surface area contributed by atoms with Crippen molar-refractivity contribution in [2.24, 2.45) is 0 Å². The van der Waals surface area contributed by atoms with Crippen LogP contribution in [0.2, 0.25) is 0 Å². The molecule has 1 unspecified atom stereocenters. The van der Waals surface area contributed by atoms with Crippen molar-refractivity contribution in [2.45, 2.75) is 39.7 Å². The highest BCUT2D eigenvalue weighted by molar-refractivity contribution is 5.61. The molecule has 1 aromatic carbocycles. The van der Waals surface area contributed by atoms with Crippen LogP contribution >= 0.6 is 0 Å². The lowest BCUT2D eigenvalue weighted by molar-refractivity contribution is -0.384. The predicted octanol–water partition coefficient (Wildman–Crippen LogP) is 3.66. The van der Waals surface area contributed by atoms with Gasteiger partial charge in [-0.25, -0.2) is 4.39 Å². The zero-order valence-corrected chi connectivity index (χ0v) is 12.9. The fourth-order valence-electron chi connectivity index (χ4n) is 2.28. The molecule has 1 N–H and O–H groups in total. The third-order valence-corrected chi connectivity index (χ3v) is 3.56. The first-order valence-corrected chi connectivity index (χ1v) is 7.40. The van der Waals surface area contributed by atoms with Crippen molar-refractivity contribution in [2.75, 3.05) is 25.0 Å². The molecular weight excluding hydrogens is 273 g/mol. The number of rotatable bonds is 9. The van der Waals surface area contributed by atoms with Crippen molar-refractivity contribution in [3.63, 3.8) is 0 Å². The van der Waals surface area contributed by atoms with Gasteiger partial charge in [-0.1, -0.05) is 13.8 Å². The van der Waals surface area contributed by atoms with E-state index in [4.69, 9.17) is 0 Å². The fraction of sp³-hybridized carbons (Fsp3) is 0.600. The summed E-state index contributed by atoms with van der Waals surface area (Å²) in [5.41, 5.74) is 0.155. The molecule has 1 atom stereocenters. The predicted molar refractivity (Wildman–Crippen MR) is 83.2 cm³/mol. The fourth-order valence-corrected chi connectivity index (χ4v) is 2.28. The topological polar surface area (TPSA) is 58.4 Å². The van der Waals surface area contributed by atoms with Crippen LogP contribution in [0.3, 0.4) is 0 Å². The van der Waals surface area contributed by atoms with Gasteiger partial charge in [0.05, 0.1) is 11.0 Å².